The van der Waals surface area contributed by atoms with Crippen LogP contribution in [0.2, 0.25) is 0 Å². The Bertz CT molecular complexity index is 679. The van der Waals surface area contributed by atoms with Crippen LogP contribution in [-0.2, 0) is 9.84 Å². The summed E-state index contributed by atoms with van der Waals surface area (Å²) < 4.78 is 25.3. The SMILES string of the molecule is CCC(CS(=O)(=O)c1ccccc1)NC(=NC)NC(C)CCCN(CC)CC.I. The topological polar surface area (TPSA) is 73.8 Å². The van der Waals surface area contributed by atoms with Gasteiger partial charge in [0.25, 0.3) is 0 Å². The largest absolute Gasteiger partial charge is 0.354 e. The van der Waals surface area contributed by atoms with Gasteiger partial charge >= 0.3 is 0 Å². The van der Waals surface area contributed by atoms with Crippen molar-refractivity contribution in [3.63, 3.8) is 0 Å². The lowest BCUT2D eigenvalue weighted by atomic mass is 10.2. The zero-order chi connectivity index (χ0) is 21.0. The second-order valence-corrected chi connectivity index (χ2v) is 9.16. The van der Waals surface area contributed by atoms with E-state index in [2.05, 4.69) is 41.3 Å². The molecule has 0 aliphatic carbocycles. The summed E-state index contributed by atoms with van der Waals surface area (Å²) in [6.07, 6.45) is 2.85. The predicted molar refractivity (Wildman–Crippen MR) is 134 cm³/mol. The summed E-state index contributed by atoms with van der Waals surface area (Å²) in [5.74, 6) is 0.704. The van der Waals surface area contributed by atoms with Crippen molar-refractivity contribution in [1.82, 2.24) is 15.5 Å². The minimum Gasteiger partial charge on any atom is -0.354 e. The van der Waals surface area contributed by atoms with Crippen LogP contribution in [-0.4, -0.2) is 63.8 Å². The van der Waals surface area contributed by atoms with E-state index in [4.69, 9.17) is 0 Å². The third-order valence-electron chi connectivity index (χ3n) is 4.97. The fraction of sp³-hybridized carbons (Fsp3) is 0.667. The standard InChI is InChI=1S/C21H38N4O2S.HI/c1-6-19(17-28(26,27)20-14-10-9-11-15-20)24-21(22-5)23-18(4)13-12-16-25(7-2)8-3;/h9-11,14-15,18-19H,6-8,12-13,16-17H2,1-5H3,(H2,22,23,24);1H. The lowest BCUT2D eigenvalue weighted by Gasteiger charge is -2.24. The normalized spacial score (nSPS) is 14.2. The average molecular weight is 539 g/mol. The van der Waals surface area contributed by atoms with E-state index in [1.165, 1.54) is 0 Å². The van der Waals surface area contributed by atoms with Crippen LogP contribution in [0.3, 0.4) is 0 Å². The molecule has 168 valence electrons. The number of hydrogen-bond donors (Lipinski definition) is 2. The Kier molecular flexibility index (Phi) is 14.6. The van der Waals surface area contributed by atoms with Crippen LogP contribution in [0.25, 0.3) is 0 Å². The van der Waals surface area contributed by atoms with Crippen LogP contribution in [0.4, 0.5) is 0 Å². The first kappa shape index (κ1) is 28.1. The molecule has 2 unspecified atom stereocenters. The van der Waals surface area contributed by atoms with Crippen LogP contribution in [0.5, 0.6) is 0 Å². The monoisotopic (exact) mass is 538 g/mol. The van der Waals surface area contributed by atoms with Crippen molar-refractivity contribution >= 4 is 39.8 Å². The van der Waals surface area contributed by atoms with E-state index >= 15 is 0 Å². The molecule has 6 nitrogen and oxygen atoms in total. The molecule has 1 rings (SSSR count). The molecule has 0 saturated heterocycles. The zero-order valence-electron chi connectivity index (χ0n) is 18.5. The molecule has 0 bridgehead atoms. The third-order valence-corrected chi connectivity index (χ3v) is 6.80. The summed E-state index contributed by atoms with van der Waals surface area (Å²) in [7, 11) is -1.62. The van der Waals surface area contributed by atoms with Gasteiger partial charge in [0.05, 0.1) is 10.6 Å². The molecule has 2 atom stereocenters. The zero-order valence-corrected chi connectivity index (χ0v) is 21.7. The maximum atomic E-state index is 12.7. The molecule has 0 amide bonds. The summed E-state index contributed by atoms with van der Waals surface area (Å²) in [5.41, 5.74) is 0. The van der Waals surface area contributed by atoms with E-state index in [0.717, 1.165) is 32.5 Å². The quantitative estimate of drug-likeness (QED) is 0.242. The van der Waals surface area contributed by atoms with Crippen molar-refractivity contribution in [1.29, 1.82) is 0 Å². The van der Waals surface area contributed by atoms with Crippen molar-refractivity contribution in [2.24, 2.45) is 4.99 Å². The smallest absolute Gasteiger partial charge is 0.191 e. The Morgan fingerprint density at radius 1 is 1.10 bits per heavy atom. The van der Waals surface area contributed by atoms with E-state index in [1.54, 1.807) is 31.3 Å². The Hall–Kier alpha value is -0.870. The Balaban J connectivity index is 0.00000784. The van der Waals surface area contributed by atoms with Gasteiger partial charge in [0.2, 0.25) is 0 Å². The van der Waals surface area contributed by atoms with Gasteiger partial charge < -0.3 is 15.5 Å². The number of nitrogens with one attached hydrogen (secondary N) is 2. The summed E-state index contributed by atoms with van der Waals surface area (Å²) >= 11 is 0. The molecular formula is C21H39IN4O2S. The second kappa shape index (κ2) is 15.0. The second-order valence-electron chi connectivity index (χ2n) is 7.13. The van der Waals surface area contributed by atoms with Crippen molar-refractivity contribution in [2.75, 3.05) is 32.4 Å². The van der Waals surface area contributed by atoms with E-state index < -0.39 is 9.84 Å². The fourth-order valence-electron chi connectivity index (χ4n) is 3.08. The molecule has 0 aliphatic heterocycles. The van der Waals surface area contributed by atoms with Crippen molar-refractivity contribution < 1.29 is 8.42 Å². The lowest BCUT2D eigenvalue weighted by Crippen LogP contribution is -2.48. The van der Waals surface area contributed by atoms with Gasteiger partial charge in [-0.3, -0.25) is 4.99 Å². The molecule has 0 fully saturated rings. The number of sulfone groups is 1. The number of rotatable bonds is 12. The van der Waals surface area contributed by atoms with Gasteiger partial charge in [0.1, 0.15) is 0 Å². The molecular weight excluding hydrogens is 499 g/mol. The first-order valence-electron chi connectivity index (χ1n) is 10.4. The van der Waals surface area contributed by atoms with E-state index in [9.17, 15) is 8.42 Å². The van der Waals surface area contributed by atoms with Gasteiger partial charge in [0.15, 0.2) is 15.8 Å². The predicted octanol–water partition coefficient (Wildman–Crippen LogP) is 3.53. The third kappa shape index (κ3) is 10.6. The van der Waals surface area contributed by atoms with Gasteiger partial charge in [-0.1, -0.05) is 39.0 Å². The molecule has 8 heteroatoms. The molecule has 1 aromatic carbocycles. The number of aliphatic imine (C=N–C) groups is 1. The first-order valence-corrected chi connectivity index (χ1v) is 12.0. The summed E-state index contributed by atoms with van der Waals surface area (Å²) in [6, 6.07) is 8.69. The van der Waals surface area contributed by atoms with E-state index in [-0.39, 0.29) is 41.8 Å². The molecule has 0 aromatic heterocycles. The molecule has 0 saturated carbocycles. The number of benzene rings is 1. The minimum absolute atomic E-state index is 0. The molecule has 0 aliphatic rings. The van der Waals surface area contributed by atoms with Gasteiger partial charge in [-0.25, -0.2) is 8.42 Å². The van der Waals surface area contributed by atoms with Gasteiger partial charge in [0, 0.05) is 19.1 Å². The molecule has 0 heterocycles. The fourth-order valence-corrected chi connectivity index (χ4v) is 4.69. The average Bonchev–Trinajstić information content (AvgIpc) is 2.70. The summed E-state index contributed by atoms with van der Waals surface area (Å²) in [4.78, 5) is 7.07. The molecule has 2 N–H and O–H groups in total. The Labute approximate surface area is 194 Å². The van der Waals surface area contributed by atoms with Crippen molar-refractivity contribution in [3.05, 3.63) is 30.3 Å². The maximum absolute atomic E-state index is 12.7. The van der Waals surface area contributed by atoms with Crippen LogP contribution >= 0.6 is 24.0 Å². The molecule has 0 spiro atoms. The number of guanidine groups is 1. The van der Waals surface area contributed by atoms with Gasteiger partial charge in [-0.05, 0) is 58.0 Å². The molecule has 0 radical (unpaired) electrons. The number of hydrogen-bond acceptors (Lipinski definition) is 4. The summed E-state index contributed by atoms with van der Waals surface area (Å²) in [6.45, 7) is 11.7. The van der Waals surface area contributed by atoms with Crippen molar-refractivity contribution in [2.45, 2.75) is 63.9 Å². The van der Waals surface area contributed by atoms with Crippen LogP contribution in [0.1, 0.15) is 47.0 Å². The highest BCUT2D eigenvalue weighted by Crippen LogP contribution is 2.12. The van der Waals surface area contributed by atoms with Crippen LogP contribution < -0.4 is 10.6 Å². The maximum Gasteiger partial charge on any atom is 0.191 e. The first-order chi connectivity index (χ1) is 13.4. The Morgan fingerprint density at radius 2 is 1.72 bits per heavy atom. The van der Waals surface area contributed by atoms with Crippen molar-refractivity contribution in [3.8, 4) is 0 Å². The lowest BCUT2D eigenvalue weighted by molar-refractivity contribution is 0.292. The number of nitrogens with zero attached hydrogens (tertiary/aromatic N) is 2. The summed E-state index contributed by atoms with van der Waals surface area (Å²) in [5, 5.41) is 6.67. The molecule has 29 heavy (non-hydrogen) atoms. The minimum atomic E-state index is -3.33. The van der Waals surface area contributed by atoms with E-state index in [1.807, 2.05) is 13.0 Å². The van der Waals surface area contributed by atoms with Crippen LogP contribution in [0, 0.1) is 0 Å². The highest BCUT2D eigenvalue weighted by molar-refractivity contribution is 14.0. The highest BCUT2D eigenvalue weighted by Gasteiger charge is 2.21. The highest BCUT2D eigenvalue weighted by atomic mass is 127. The van der Waals surface area contributed by atoms with Gasteiger partial charge in [-0.2, -0.15) is 0 Å². The molecule has 1 aromatic rings. The Morgan fingerprint density at radius 3 is 2.24 bits per heavy atom. The van der Waals surface area contributed by atoms with Crippen LogP contribution in [0.15, 0.2) is 40.2 Å². The number of halogens is 1. The van der Waals surface area contributed by atoms with E-state index in [0.29, 0.717) is 17.3 Å². The van der Waals surface area contributed by atoms with Gasteiger partial charge in [-0.15, -0.1) is 24.0 Å².